The van der Waals surface area contributed by atoms with E-state index >= 15 is 0 Å². The number of carbonyl (C=O) groups excluding carboxylic acids is 1. The molecule has 0 spiro atoms. The number of rotatable bonds is 4. The maximum atomic E-state index is 13.3. The van der Waals surface area contributed by atoms with Crippen molar-refractivity contribution in [2.24, 2.45) is 0 Å². The average molecular weight is 390 g/mol. The van der Waals surface area contributed by atoms with Crippen LogP contribution in [0.1, 0.15) is 24.0 Å². The lowest BCUT2D eigenvalue weighted by molar-refractivity contribution is 0.0212. The SMILES string of the molecule is CO[C@@H]1CC[C@H](Cc2ccccc2)N(C(=O)n2ncc(-c3ccc(C)cc3)n2)C1. The zero-order chi connectivity index (χ0) is 20.2. The fourth-order valence-corrected chi connectivity index (χ4v) is 3.85. The van der Waals surface area contributed by atoms with Crippen molar-refractivity contribution in [2.45, 2.75) is 38.3 Å². The number of benzene rings is 2. The quantitative estimate of drug-likeness (QED) is 0.677. The van der Waals surface area contributed by atoms with Gasteiger partial charge in [0.25, 0.3) is 0 Å². The smallest absolute Gasteiger partial charge is 0.362 e. The summed E-state index contributed by atoms with van der Waals surface area (Å²) >= 11 is 0. The molecule has 4 rings (SSSR count). The summed E-state index contributed by atoms with van der Waals surface area (Å²) in [5, 5.41) is 8.71. The van der Waals surface area contributed by atoms with Crippen molar-refractivity contribution in [3.05, 3.63) is 71.9 Å². The van der Waals surface area contributed by atoms with Crippen LogP contribution in [-0.2, 0) is 11.2 Å². The Bertz CT molecular complexity index is 953. The first-order valence-electron chi connectivity index (χ1n) is 10.0. The van der Waals surface area contributed by atoms with E-state index in [4.69, 9.17) is 4.74 Å². The van der Waals surface area contributed by atoms with E-state index in [1.807, 2.05) is 54.3 Å². The maximum absolute atomic E-state index is 13.3. The fourth-order valence-electron chi connectivity index (χ4n) is 3.85. The molecule has 0 N–H and O–H groups in total. The van der Waals surface area contributed by atoms with Crippen LogP contribution in [0, 0.1) is 6.92 Å². The minimum absolute atomic E-state index is 0.0399. The number of hydrogen-bond acceptors (Lipinski definition) is 4. The Kier molecular flexibility index (Phi) is 5.71. The number of ether oxygens (including phenoxy) is 1. The molecule has 2 aromatic carbocycles. The van der Waals surface area contributed by atoms with Crippen molar-refractivity contribution in [3.8, 4) is 11.3 Å². The number of piperidine rings is 1. The largest absolute Gasteiger partial charge is 0.380 e. The van der Waals surface area contributed by atoms with Gasteiger partial charge in [0.15, 0.2) is 0 Å². The maximum Gasteiger partial charge on any atom is 0.362 e. The third-order valence-electron chi connectivity index (χ3n) is 5.57. The van der Waals surface area contributed by atoms with Crippen LogP contribution >= 0.6 is 0 Å². The Labute approximate surface area is 171 Å². The van der Waals surface area contributed by atoms with Crippen molar-refractivity contribution in [1.29, 1.82) is 0 Å². The highest BCUT2D eigenvalue weighted by molar-refractivity contribution is 5.76. The highest BCUT2D eigenvalue weighted by atomic mass is 16.5. The summed E-state index contributed by atoms with van der Waals surface area (Å²) in [5.74, 6) is 0. The molecule has 1 aromatic heterocycles. The van der Waals surface area contributed by atoms with E-state index in [2.05, 4.69) is 22.3 Å². The van der Waals surface area contributed by atoms with Gasteiger partial charge >= 0.3 is 6.03 Å². The van der Waals surface area contributed by atoms with Gasteiger partial charge in [-0.15, -0.1) is 5.10 Å². The van der Waals surface area contributed by atoms with Crippen LogP contribution < -0.4 is 0 Å². The molecule has 3 aromatic rings. The number of aryl methyl sites for hydroxylation is 1. The summed E-state index contributed by atoms with van der Waals surface area (Å²) in [6, 6.07) is 18.2. The van der Waals surface area contributed by atoms with E-state index in [0.717, 1.165) is 24.8 Å². The van der Waals surface area contributed by atoms with Crippen LogP contribution in [0.3, 0.4) is 0 Å². The first-order chi connectivity index (χ1) is 14.1. The first-order valence-corrected chi connectivity index (χ1v) is 10.0. The van der Waals surface area contributed by atoms with E-state index in [-0.39, 0.29) is 18.2 Å². The minimum atomic E-state index is -0.203. The van der Waals surface area contributed by atoms with E-state index in [1.165, 1.54) is 15.9 Å². The topological polar surface area (TPSA) is 60.2 Å². The summed E-state index contributed by atoms with van der Waals surface area (Å²) in [4.78, 5) is 16.3. The molecular weight excluding hydrogens is 364 g/mol. The second-order valence-electron chi connectivity index (χ2n) is 7.60. The lowest BCUT2D eigenvalue weighted by atomic mass is 9.94. The zero-order valence-corrected chi connectivity index (χ0v) is 16.9. The molecule has 1 saturated heterocycles. The Morgan fingerprint density at radius 2 is 1.86 bits per heavy atom. The van der Waals surface area contributed by atoms with Gasteiger partial charge in [-0.2, -0.15) is 5.10 Å². The van der Waals surface area contributed by atoms with Gasteiger partial charge in [-0.1, -0.05) is 65.0 Å². The Hall–Kier alpha value is -2.99. The van der Waals surface area contributed by atoms with Crippen molar-refractivity contribution in [1.82, 2.24) is 19.9 Å². The predicted octanol–water partition coefficient (Wildman–Crippen LogP) is 3.94. The Morgan fingerprint density at radius 3 is 2.59 bits per heavy atom. The van der Waals surface area contributed by atoms with Crippen LogP contribution in [0.15, 0.2) is 60.8 Å². The molecule has 2 heterocycles. The Morgan fingerprint density at radius 1 is 1.10 bits per heavy atom. The summed E-state index contributed by atoms with van der Waals surface area (Å²) in [6.45, 7) is 2.59. The van der Waals surface area contributed by atoms with E-state index in [1.54, 1.807) is 13.3 Å². The van der Waals surface area contributed by atoms with Gasteiger partial charge in [0.2, 0.25) is 0 Å². The molecule has 1 aliphatic rings. The number of hydrogen-bond donors (Lipinski definition) is 0. The monoisotopic (exact) mass is 390 g/mol. The molecule has 6 heteroatoms. The summed E-state index contributed by atoms with van der Waals surface area (Å²) in [7, 11) is 1.70. The average Bonchev–Trinajstić information content (AvgIpc) is 3.25. The van der Waals surface area contributed by atoms with Crippen LogP contribution in [0.5, 0.6) is 0 Å². The van der Waals surface area contributed by atoms with Gasteiger partial charge in [0.05, 0.1) is 12.3 Å². The van der Waals surface area contributed by atoms with E-state index < -0.39 is 0 Å². The number of methoxy groups -OCH3 is 1. The van der Waals surface area contributed by atoms with Crippen molar-refractivity contribution < 1.29 is 9.53 Å². The van der Waals surface area contributed by atoms with Gasteiger partial charge in [0.1, 0.15) is 5.69 Å². The lowest BCUT2D eigenvalue weighted by Crippen LogP contribution is -2.52. The molecule has 6 nitrogen and oxygen atoms in total. The zero-order valence-electron chi connectivity index (χ0n) is 16.9. The molecule has 0 aliphatic carbocycles. The predicted molar refractivity (Wildman–Crippen MR) is 112 cm³/mol. The molecule has 0 bridgehead atoms. The summed E-state index contributed by atoms with van der Waals surface area (Å²) < 4.78 is 5.55. The molecule has 150 valence electrons. The van der Waals surface area contributed by atoms with Gasteiger partial charge in [-0.3, -0.25) is 0 Å². The first kappa shape index (κ1) is 19.3. The summed E-state index contributed by atoms with van der Waals surface area (Å²) in [5.41, 5.74) is 4.04. The van der Waals surface area contributed by atoms with Crippen molar-refractivity contribution >= 4 is 6.03 Å². The fraction of sp³-hybridized carbons (Fsp3) is 0.348. The Balaban J connectivity index is 1.56. The molecule has 0 saturated carbocycles. The lowest BCUT2D eigenvalue weighted by Gasteiger charge is -2.38. The number of likely N-dealkylation sites (tertiary alicyclic amines) is 1. The molecule has 1 fully saturated rings. The van der Waals surface area contributed by atoms with Gasteiger partial charge in [-0.25, -0.2) is 4.79 Å². The second kappa shape index (κ2) is 8.57. The third kappa shape index (κ3) is 4.38. The molecule has 1 amide bonds. The van der Waals surface area contributed by atoms with E-state index in [9.17, 15) is 4.79 Å². The van der Waals surface area contributed by atoms with Crippen LogP contribution in [0.25, 0.3) is 11.3 Å². The molecule has 0 radical (unpaired) electrons. The molecule has 0 unspecified atom stereocenters. The molecule has 2 atom stereocenters. The third-order valence-corrected chi connectivity index (χ3v) is 5.57. The minimum Gasteiger partial charge on any atom is -0.380 e. The molecule has 1 aliphatic heterocycles. The molecular formula is C23H26N4O2. The molecule has 29 heavy (non-hydrogen) atoms. The van der Waals surface area contributed by atoms with Crippen LogP contribution in [0.4, 0.5) is 4.79 Å². The van der Waals surface area contributed by atoms with E-state index in [0.29, 0.717) is 12.2 Å². The van der Waals surface area contributed by atoms with Crippen molar-refractivity contribution in [3.63, 3.8) is 0 Å². The van der Waals surface area contributed by atoms with Crippen molar-refractivity contribution in [2.75, 3.05) is 13.7 Å². The van der Waals surface area contributed by atoms with Gasteiger partial charge in [0, 0.05) is 25.3 Å². The normalized spacial score (nSPS) is 19.3. The number of nitrogens with zero attached hydrogens (tertiary/aromatic N) is 4. The van der Waals surface area contributed by atoms with Gasteiger partial charge < -0.3 is 9.64 Å². The second-order valence-corrected chi connectivity index (χ2v) is 7.60. The van der Waals surface area contributed by atoms with Crippen LogP contribution in [-0.4, -0.2) is 51.7 Å². The number of aromatic nitrogens is 3. The number of carbonyl (C=O) groups is 1. The standard InChI is InChI=1S/C23H26N4O2/c1-17-8-10-19(11-9-17)22-15-24-27(25-22)23(28)26-16-21(29-2)13-12-20(26)14-18-6-4-3-5-7-18/h3-11,15,20-21H,12-14,16H2,1-2H3/t20-,21-/m1/s1. The highest BCUT2D eigenvalue weighted by Crippen LogP contribution is 2.24. The van der Waals surface area contributed by atoms with Crippen LogP contribution in [0.2, 0.25) is 0 Å². The highest BCUT2D eigenvalue weighted by Gasteiger charge is 2.33. The number of amides is 1. The van der Waals surface area contributed by atoms with Gasteiger partial charge in [-0.05, 0) is 31.7 Å². The summed E-state index contributed by atoms with van der Waals surface area (Å²) in [6.07, 6.45) is 4.34.